The summed E-state index contributed by atoms with van der Waals surface area (Å²) in [6, 6.07) is 7.77. The molecule has 0 spiro atoms. The number of nitrogens with zero attached hydrogens (tertiary/aromatic N) is 3. The van der Waals surface area contributed by atoms with Crippen LogP contribution in [0.2, 0.25) is 0 Å². The number of hydrogen-bond acceptors (Lipinski definition) is 4. The summed E-state index contributed by atoms with van der Waals surface area (Å²) in [6.45, 7) is 2.15. The topological polar surface area (TPSA) is 69.0 Å². The smallest absolute Gasteiger partial charge is 0.261 e. The molecule has 4 aliphatic rings. The number of aromatic nitrogens is 3. The van der Waals surface area contributed by atoms with Crippen LogP contribution in [0.1, 0.15) is 45.4 Å². The summed E-state index contributed by atoms with van der Waals surface area (Å²) in [4.78, 5) is 19.4. The Morgan fingerprint density at radius 2 is 1.88 bits per heavy atom. The van der Waals surface area contributed by atoms with Gasteiger partial charge in [-0.2, -0.15) is 0 Å². The Morgan fingerprint density at radius 1 is 1.23 bits per heavy atom. The molecule has 6 heteroatoms. The lowest BCUT2D eigenvalue weighted by Gasteiger charge is -2.59. The Balaban J connectivity index is 1.22. The first-order chi connectivity index (χ1) is 12.6. The lowest BCUT2D eigenvalue weighted by Crippen LogP contribution is -2.56. The largest absolute Gasteiger partial charge is 0.385 e. The van der Waals surface area contributed by atoms with Crippen molar-refractivity contribution in [2.24, 2.45) is 23.2 Å². The lowest BCUT2D eigenvalue weighted by molar-refractivity contribution is -0.130. The molecule has 6 rings (SSSR count). The highest BCUT2D eigenvalue weighted by molar-refractivity contribution is 5.78. The molecule has 4 fully saturated rings. The van der Waals surface area contributed by atoms with Crippen molar-refractivity contribution in [3.8, 4) is 0 Å². The van der Waals surface area contributed by atoms with Crippen molar-refractivity contribution in [2.75, 3.05) is 6.61 Å². The third-order valence-corrected chi connectivity index (χ3v) is 7.02. The first-order valence-electron chi connectivity index (χ1n) is 9.84. The van der Waals surface area contributed by atoms with Gasteiger partial charge in [0.1, 0.15) is 11.0 Å². The summed E-state index contributed by atoms with van der Waals surface area (Å²) >= 11 is 0. The highest BCUT2D eigenvalue weighted by Gasteiger charge is 2.53. The highest BCUT2D eigenvalue weighted by atomic mass is 16.7. The van der Waals surface area contributed by atoms with Crippen LogP contribution in [0.25, 0.3) is 11.0 Å². The number of fused-ring (bicyclic) bond motifs is 1. The van der Waals surface area contributed by atoms with Crippen LogP contribution in [0, 0.1) is 23.2 Å². The van der Waals surface area contributed by atoms with Crippen LogP contribution in [-0.4, -0.2) is 33.7 Å². The van der Waals surface area contributed by atoms with Gasteiger partial charge in [0, 0.05) is 6.04 Å². The van der Waals surface area contributed by atoms with E-state index in [1.807, 2.05) is 24.3 Å². The number of para-hydroxylation sites is 1. The molecule has 26 heavy (non-hydrogen) atoms. The number of hydrogen-bond donors (Lipinski definition) is 1. The first-order valence-corrected chi connectivity index (χ1v) is 9.84. The van der Waals surface area contributed by atoms with Gasteiger partial charge in [0.25, 0.3) is 5.91 Å². The van der Waals surface area contributed by atoms with E-state index < -0.39 is 0 Å². The molecule has 6 nitrogen and oxygen atoms in total. The maximum atomic E-state index is 12.5. The van der Waals surface area contributed by atoms with Gasteiger partial charge in [-0.05, 0) is 86.0 Å². The number of amides is 1. The molecule has 1 aromatic carbocycles. The van der Waals surface area contributed by atoms with Crippen LogP contribution < -0.4 is 10.2 Å². The molecule has 0 saturated heterocycles. The monoisotopic (exact) mass is 354 g/mol. The van der Waals surface area contributed by atoms with E-state index in [0.717, 1.165) is 28.8 Å². The molecule has 1 amide bonds. The predicted octanol–water partition coefficient (Wildman–Crippen LogP) is 2.58. The minimum absolute atomic E-state index is 0.0376. The fraction of sp³-hybridized carbons (Fsp3) is 0.650. The summed E-state index contributed by atoms with van der Waals surface area (Å²) in [5.41, 5.74) is 1.84. The molecule has 1 atom stereocenters. The van der Waals surface area contributed by atoms with E-state index in [1.165, 1.54) is 43.4 Å². The quantitative estimate of drug-likeness (QED) is 0.896. The van der Waals surface area contributed by atoms with Crippen molar-refractivity contribution in [3.05, 3.63) is 24.3 Å². The van der Waals surface area contributed by atoms with E-state index in [9.17, 15) is 4.79 Å². The molecule has 0 radical (unpaired) electrons. The van der Waals surface area contributed by atoms with E-state index >= 15 is 0 Å². The Morgan fingerprint density at radius 3 is 2.58 bits per heavy atom. The van der Waals surface area contributed by atoms with E-state index in [2.05, 4.69) is 22.6 Å². The zero-order valence-electron chi connectivity index (χ0n) is 15.2. The van der Waals surface area contributed by atoms with Crippen molar-refractivity contribution in [1.29, 1.82) is 0 Å². The summed E-state index contributed by atoms with van der Waals surface area (Å²) in [6.07, 6.45) is 8.12. The Kier molecular flexibility index (Phi) is 3.69. The second-order valence-corrected chi connectivity index (χ2v) is 8.79. The Bertz CT molecular complexity index is 795. The van der Waals surface area contributed by atoms with E-state index in [0.29, 0.717) is 5.41 Å². The molecule has 0 aliphatic heterocycles. The number of benzene rings is 1. The van der Waals surface area contributed by atoms with Gasteiger partial charge < -0.3 is 10.2 Å². The van der Waals surface area contributed by atoms with Crippen LogP contribution >= 0.6 is 0 Å². The molecular weight excluding hydrogens is 328 g/mol. The number of nitrogens with one attached hydrogen (secondary N) is 1. The average Bonchev–Trinajstić information content (AvgIpc) is 3.02. The molecular formula is C20H26N4O2. The average molecular weight is 354 g/mol. The van der Waals surface area contributed by atoms with Gasteiger partial charge in [-0.3, -0.25) is 4.79 Å². The standard InChI is InChI=1S/C20H26N4O2/c1-13(20-9-14-6-15(10-20)8-16(7-14)11-20)21-19(25)12-26-24-18-5-3-2-4-17(18)22-23-24/h2-5,13-16H,6-12H2,1H3,(H,21,25)/t13-,14?,15?,16?,20?/m0/s1. The Labute approximate surface area is 153 Å². The summed E-state index contributed by atoms with van der Waals surface area (Å²) in [7, 11) is 0. The molecule has 1 heterocycles. The SMILES string of the molecule is C[C@H](NC(=O)COn1nnc2ccccc21)C12CC3CC(CC(C3)C1)C2. The van der Waals surface area contributed by atoms with Crippen LogP contribution in [0.5, 0.6) is 0 Å². The second kappa shape index (κ2) is 5.96. The van der Waals surface area contributed by atoms with Gasteiger partial charge in [-0.1, -0.05) is 17.0 Å². The maximum Gasteiger partial charge on any atom is 0.261 e. The van der Waals surface area contributed by atoms with Crippen molar-refractivity contribution in [2.45, 2.75) is 51.5 Å². The third-order valence-electron chi connectivity index (χ3n) is 7.02. The Hall–Kier alpha value is -2.11. The molecule has 0 unspecified atom stereocenters. The second-order valence-electron chi connectivity index (χ2n) is 8.79. The van der Waals surface area contributed by atoms with Crippen LogP contribution in [0.3, 0.4) is 0 Å². The van der Waals surface area contributed by atoms with Gasteiger partial charge in [0.15, 0.2) is 6.61 Å². The fourth-order valence-corrected chi connectivity index (χ4v) is 6.21. The van der Waals surface area contributed by atoms with Gasteiger partial charge >= 0.3 is 0 Å². The lowest BCUT2D eigenvalue weighted by atomic mass is 9.48. The van der Waals surface area contributed by atoms with Crippen LogP contribution in [0.4, 0.5) is 0 Å². The van der Waals surface area contributed by atoms with Crippen molar-refractivity contribution < 1.29 is 9.63 Å². The zero-order valence-corrected chi connectivity index (χ0v) is 15.2. The maximum absolute atomic E-state index is 12.5. The highest BCUT2D eigenvalue weighted by Crippen LogP contribution is 2.61. The van der Waals surface area contributed by atoms with Crippen LogP contribution in [-0.2, 0) is 4.79 Å². The van der Waals surface area contributed by atoms with Crippen molar-refractivity contribution in [1.82, 2.24) is 20.5 Å². The number of carbonyl (C=O) groups excluding carboxylic acids is 1. The molecule has 1 N–H and O–H groups in total. The minimum Gasteiger partial charge on any atom is -0.385 e. The van der Waals surface area contributed by atoms with E-state index in [4.69, 9.17) is 4.84 Å². The normalized spacial score (nSPS) is 33.3. The summed E-state index contributed by atoms with van der Waals surface area (Å²) < 4.78 is 0. The molecule has 4 saturated carbocycles. The minimum atomic E-state index is -0.0761. The van der Waals surface area contributed by atoms with Crippen molar-refractivity contribution in [3.63, 3.8) is 0 Å². The molecule has 1 aromatic heterocycles. The van der Waals surface area contributed by atoms with Gasteiger partial charge in [0.2, 0.25) is 0 Å². The van der Waals surface area contributed by atoms with Gasteiger partial charge in [-0.15, -0.1) is 5.10 Å². The molecule has 4 bridgehead atoms. The van der Waals surface area contributed by atoms with Crippen LogP contribution in [0.15, 0.2) is 24.3 Å². The predicted molar refractivity (Wildman–Crippen MR) is 97.2 cm³/mol. The van der Waals surface area contributed by atoms with Gasteiger partial charge in [-0.25, -0.2) is 0 Å². The van der Waals surface area contributed by atoms with E-state index in [1.54, 1.807) is 0 Å². The number of carbonyl (C=O) groups is 1. The fourth-order valence-electron chi connectivity index (χ4n) is 6.21. The summed E-state index contributed by atoms with van der Waals surface area (Å²) in [5.74, 6) is 2.59. The van der Waals surface area contributed by atoms with E-state index in [-0.39, 0.29) is 18.6 Å². The molecule has 2 aromatic rings. The summed E-state index contributed by atoms with van der Waals surface area (Å²) in [5, 5.41) is 11.2. The van der Waals surface area contributed by atoms with Gasteiger partial charge in [0.05, 0.1) is 0 Å². The molecule has 138 valence electrons. The first kappa shape index (κ1) is 16.1. The van der Waals surface area contributed by atoms with Crippen molar-refractivity contribution >= 4 is 16.9 Å². The zero-order chi connectivity index (χ0) is 17.7. The third kappa shape index (κ3) is 2.66. The number of rotatable bonds is 5. The molecule has 4 aliphatic carbocycles.